The van der Waals surface area contributed by atoms with Crippen LogP contribution in [-0.2, 0) is 0 Å². The van der Waals surface area contributed by atoms with Crippen molar-refractivity contribution in [1.29, 1.82) is 0 Å². The molecule has 0 spiro atoms. The third-order valence-corrected chi connectivity index (χ3v) is 3.23. The molecular weight excluding hydrogens is 210 g/mol. The number of hydrogen-bond acceptors (Lipinski definition) is 3. The topological polar surface area (TPSA) is 19.4 Å². The van der Waals surface area contributed by atoms with Crippen LogP contribution in [0.4, 0.5) is 5.82 Å². The van der Waals surface area contributed by atoms with Crippen molar-refractivity contribution >= 4 is 18.0 Å². The molecule has 0 bridgehead atoms. The second-order valence-corrected chi connectivity index (χ2v) is 4.34. The molecule has 90 valence electrons. The summed E-state index contributed by atoms with van der Waals surface area (Å²) >= 11 is 0. The minimum absolute atomic E-state index is 1.02. The zero-order chi connectivity index (χ0) is 12.3. The van der Waals surface area contributed by atoms with Crippen molar-refractivity contribution in [2.75, 3.05) is 38.1 Å². The van der Waals surface area contributed by atoms with Crippen LogP contribution in [0.1, 0.15) is 11.1 Å². The smallest absolute Gasteiger partial charge is 0.136 e. The van der Waals surface area contributed by atoms with E-state index in [1.165, 1.54) is 0 Å². The van der Waals surface area contributed by atoms with Crippen LogP contribution in [0.2, 0.25) is 0 Å². The third-order valence-electron chi connectivity index (χ3n) is 3.23. The lowest BCUT2D eigenvalue weighted by atomic mass is 10.1. The molecule has 0 radical (unpaired) electrons. The Hall–Kier alpha value is -1.61. The van der Waals surface area contributed by atoms with Gasteiger partial charge < -0.3 is 9.80 Å². The molecule has 1 saturated heterocycles. The number of aromatic nitrogens is 1. The molecule has 0 aliphatic carbocycles. The highest BCUT2D eigenvalue weighted by Crippen LogP contribution is 2.24. The van der Waals surface area contributed by atoms with Gasteiger partial charge in [-0.3, -0.25) is 0 Å². The molecule has 0 amide bonds. The van der Waals surface area contributed by atoms with E-state index in [0.717, 1.165) is 43.1 Å². The quantitative estimate of drug-likeness (QED) is 0.791. The van der Waals surface area contributed by atoms with Gasteiger partial charge in [-0.15, -0.1) is 0 Å². The molecule has 3 heteroatoms. The zero-order valence-corrected chi connectivity index (χ0v) is 10.4. The molecule has 0 saturated carbocycles. The molecule has 1 aliphatic heterocycles. The van der Waals surface area contributed by atoms with Crippen molar-refractivity contribution in [3.05, 3.63) is 36.5 Å². The molecular formula is C14H19N3. The fourth-order valence-electron chi connectivity index (χ4n) is 2.13. The van der Waals surface area contributed by atoms with Crippen LogP contribution in [0, 0.1) is 0 Å². The largest absolute Gasteiger partial charge is 0.354 e. The Bertz CT molecular complexity index is 417. The summed E-state index contributed by atoms with van der Waals surface area (Å²) in [6.07, 6.45) is 5.58. The molecule has 1 aromatic rings. The average molecular weight is 229 g/mol. The van der Waals surface area contributed by atoms with Crippen molar-refractivity contribution < 1.29 is 0 Å². The number of rotatable bonds is 3. The van der Waals surface area contributed by atoms with Gasteiger partial charge in [0.15, 0.2) is 0 Å². The molecule has 2 rings (SSSR count). The number of nitrogens with zero attached hydrogens (tertiary/aromatic N) is 3. The maximum absolute atomic E-state index is 4.50. The fraction of sp³-hybridized carbons (Fsp3) is 0.357. The first-order valence-electron chi connectivity index (χ1n) is 5.93. The predicted molar refractivity (Wildman–Crippen MR) is 74.1 cm³/mol. The van der Waals surface area contributed by atoms with Crippen LogP contribution < -0.4 is 4.90 Å². The van der Waals surface area contributed by atoms with E-state index in [1.54, 1.807) is 0 Å². The summed E-state index contributed by atoms with van der Waals surface area (Å²) in [6.45, 7) is 11.9. The Kier molecular flexibility index (Phi) is 3.59. The highest BCUT2D eigenvalue weighted by molar-refractivity contribution is 5.72. The lowest BCUT2D eigenvalue weighted by molar-refractivity contribution is 0.312. The number of anilines is 1. The Morgan fingerprint density at radius 1 is 1.18 bits per heavy atom. The predicted octanol–water partition coefficient (Wildman–Crippen LogP) is 2.12. The van der Waals surface area contributed by atoms with Crippen LogP contribution in [0.5, 0.6) is 0 Å². The fourth-order valence-corrected chi connectivity index (χ4v) is 2.13. The second-order valence-electron chi connectivity index (χ2n) is 4.34. The molecule has 3 nitrogen and oxygen atoms in total. The van der Waals surface area contributed by atoms with E-state index in [4.69, 9.17) is 0 Å². The van der Waals surface area contributed by atoms with Crippen molar-refractivity contribution in [3.63, 3.8) is 0 Å². The van der Waals surface area contributed by atoms with Gasteiger partial charge in [-0.1, -0.05) is 25.3 Å². The minimum Gasteiger partial charge on any atom is -0.354 e. The summed E-state index contributed by atoms with van der Waals surface area (Å²) < 4.78 is 0. The molecule has 1 aliphatic rings. The Morgan fingerprint density at radius 2 is 1.88 bits per heavy atom. The third kappa shape index (κ3) is 2.39. The van der Waals surface area contributed by atoms with E-state index in [2.05, 4.69) is 35.0 Å². The SMILES string of the molecule is C=Cc1ccnc(N2CCN(C)CC2)c1C=C. The van der Waals surface area contributed by atoms with Gasteiger partial charge in [0.2, 0.25) is 0 Å². The minimum atomic E-state index is 1.02. The van der Waals surface area contributed by atoms with E-state index < -0.39 is 0 Å². The van der Waals surface area contributed by atoms with E-state index in [0.29, 0.717) is 0 Å². The molecule has 0 unspecified atom stereocenters. The van der Waals surface area contributed by atoms with Crippen LogP contribution in [0.3, 0.4) is 0 Å². The van der Waals surface area contributed by atoms with Gasteiger partial charge in [0.1, 0.15) is 5.82 Å². The molecule has 1 aromatic heterocycles. The van der Waals surface area contributed by atoms with Gasteiger partial charge in [0, 0.05) is 37.9 Å². The molecule has 2 heterocycles. The van der Waals surface area contributed by atoms with Crippen molar-refractivity contribution in [3.8, 4) is 0 Å². The average Bonchev–Trinajstić information content (AvgIpc) is 2.38. The molecule has 0 atom stereocenters. The van der Waals surface area contributed by atoms with Gasteiger partial charge in [-0.05, 0) is 18.7 Å². The Morgan fingerprint density at radius 3 is 2.47 bits per heavy atom. The summed E-state index contributed by atoms with van der Waals surface area (Å²) in [5.74, 6) is 1.03. The van der Waals surface area contributed by atoms with Gasteiger partial charge >= 0.3 is 0 Å². The number of hydrogen-bond donors (Lipinski definition) is 0. The van der Waals surface area contributed by atoms with Gasteiger partial charge in [-0.2, -0.15) is 0 Å². The van der Waals surface area contributed by atoms with Crippen LogP contribution in [-0.4, -0.2) is 43.1 Å². The monoisotopic (exact) mass is 229 g/mol. The van der Waals surface area contributed by atoms with E-state index in [1.807, 2.05) is 24.4 Å². The molecule has 0 aromatic carbocycles. The molecule has 0 N–H and O–H groups in total. The van der Waals surface area contributed by atoms with Crippen molar-refractivity contribution in [2.24, 2.45) is 0 Å². The maximum atomic E-state index is 4.50. The summed E-state index contributed by atoms with van der Waals surface area (Å²) in [7, 11) is 2.15. The Balaban J connectivity index is 2.31. The van der Waals surface area contributed by atoms with E-state index in [9.17, 15) is 0 Å². The Labute approximate surface area is 103 Å². The lowest BCUT2D eigenvalue weighted by Crippen LogP contribution is -2.45. The standard InChI is InChI=1S/C14H19N3/c1-4-12-6-7-15-14(13(12)5-2)17-10-8-16(3)9-11-17/h4-7H,1-2,8-11H2,3H3. The van der Waals surface area contributed by atoms with Gasteiger partial charge in [0.25, 0.3) is 0 Å². The van der Waals surface area contributed by atoms with Gasteiger partial charge in [-0.25, -0.2) is 4.98 Å². The van der Waals surface area contributed by atoms with Crippen molar-refractivity contribution in [1.82, 2.24) is 9.88 Å². The maximum Gasteiger partial charge on any atom is 0.136 e. The number of likely N-dealkylation sites (N-methyl/N-ethyl adjacent to an activating group) is 1. The normalized spacial score (nSPS) is 16.9. The summed E-state index contributed by atoms with van der Waals surface area (Å²) in [5, 5.41) is 0. The van der Waals surface area contributed by atoms with Crippen LogP contribution >= 0.6 is 0 Å². The molecule has 17 heavy (non-hydrogen) atoms. The van der Waals surface area contributed by atoms with Crippen LogP contribution in [0.15, 0.2) is 25.4 Å². The first kappa shape index (κ1) is 11.9. The van der Waals surface area contributed by atoms with Gasteiger partial charge in [0.05, 0.1) is 0 Å². The highest BCUT2D eigenvalue weighted by Gasteiger charge is 2.17. The number of piperazine rings is 1. The first-order chi connectivity index (χ1) is 8.26. The summed E-state index contributed by atoms with van der Waals surface area (Å²) in [6, 6.07) is 1.98. The van der Waals surface area contributed by atoms with E-state index in [-0.39, 0.29) is 0 Å². The molecule has 1 fully saturated rings. The zero-order valence-electron chi connectivity index (χ0n) is 10.4. The second kappa shape index (κ2) is 5.15. The summed E-state index contributed by atoms with van der Waals surface area (Å²) in [5.41, 5.74) is 2.19. The number of pyridine rings is 1. The lowest BCUT2D eigenvalue weighted by Gasteiger charge is -2.34. The van der Waals surface area contributed by atoms with Crippen LogP contribution in [0.25, 0.3) is 12.2 Å². The first-order valence-corrected chi connectivity index (χ1v) is 5.93. The van der Waals surface area contributed by atoms with Crippen molar-refractivity contribution in [2.45, 2.75) is 0 Å². The van der Waals surface area contributed by atoms with E-state index >= 15 is 0 Å². The highest BCUT2D eigenvalue weighted by atomic mass is 15.3. The summed E-state index contributed by atoms with van der Waals surface area (Å²) in [4.78, 5) is 9.15.